The molecule has 7 heteroatoms. The molecule has 110 valence electrons. The zero-order chi connectivity index (χ0) is 15.4. The molecule has 0 saturated heterocycles. The fourth-order valence-electron chi connectivity index (χ4n) is 1.69. The van der Waals surface area contributed by atoms with E-state index in [9.17, 15) is 14.7 Å². The number of anilines is 1. The number of hydrogen-bond donors (Lipinski definition) is 3. The number of carboxylic acid groups (broad SMARTS) is 1. The SMILES string of the molecule is Cc1c(Cl)cc(NC(=O)CC(C)CC(=O)O)c(O)c1Cl. The van der Waals surface area contributed by atoms with Gasteiger partial charge in [-0.05, 0) is 24.5 Å². The lowest BCUT2D eigenvalue weighted by Crippen LogP contribution is -2.17. The topological polar surface area (TPSA) is 86.6 Å². The summed E-state index contributed by atoms with van der Waals surface area (Å²) in [6.07, 6.45) is -0.0797. The van der Waals surface area contributed by atoms with Crippen molar-refractivity contribution in [1.82, 2.24) is 0 Å². The molecule has 3 N–H and O–H groups in total. The van der Waals surface area contributed by atoms with Crippen LogP contribution in [0.1, 0.15) is 25.3 Å². The van der Waals surface area contributed by atoms with Crippen LogP contribution < -0.4 is 5.32 Å². The van der Waals surface area contributed by atoms with Gasteiger partial charge in [-0.3, -0.25) is 9.59 Å². The first-order valence-electron chi connectivity index (χ1n) is 5.91. The molecule has 1 atom stereocenters. The number of halogens is 2. The van der Waals surface area contributed by atoms with Crippen LogP contribution in [-0.4, -0.2) is 22.1 Å². The van der Waals surface area contributed by atoms with Crippen molar-refractivity contribution in [3.63, 3.8) is 0 Å². The van der Waals surface area contributed by atoms with Crippen LogP contribution in [0.4, 0.5) is 5.69 Å². The van der Waals surface area contributed by atoms with Gasteiger partial charge in [-0.2, -0.15) is 0 Å². The molecule has 1 aromatic rings. The first kappa shape index (κ1) is 16.6. The van der Waals surface area contributed by atoms with E-state index in [-0.39, 0.29) is 35.2 Å². The van der Waals surface area contributed by atoms with Crippen molar-refractivity contribution in [3.8, 4) is 5.75 Å². The van der Waals surface area contributed by atoms with Crippen molar-refractivity contribution >= 4 is 40.8 Å². The standard InChI is InChI=1S/C13H15Cl2NO4/c1-6(4-11(18)19)3-10(17)16-9-5-8(14)7(2)12(15)13(9)20/h5-6,20H,3-4H2,1-2H3,(H,16,17)(H,18,19). The van der Waals surface area contributed by atoms with Crippen molar-refractivity contribution in [2.45, 2.75) is 26.7 Å². The highest BCUT2D eigenvalue weighted by Crippen LogP contribution is 2.38. The third kappa shape index (κ3) is 4.28. The number of phenols is 1. The monoisotopic (exact) mass is 319 g/mol. The summed E-state index contributed by atoms with van der Waals surface area (Å²) >= 11 is 11.8. The molecule has 0 aromatic heterocycles. The van der Waals surface area contributed by atoms with Crippen LogP contribution in [0, 0.1) is 12.8 Å². The summed E-state index contributed by atoms with van der Waals surface area (Å²) < 4.78 is 0. The van der Waals surface area contributed by atoms with E-state index in [0.29, 0.717) is 10.6 Å². The number of carbonyl (C=O) groups excluding carboxylic acids is 1. The van der Waals surface area contributed by atoms with E-state index in [1.807, 2.05) is 0 Å². The normalized spacial score (nSPS) is 12.0. The molecule has 0 radical (unpaired) electrons. The molecule has 5 nitrogen and oxygen atoms in total. The fraction of sp³-hybridized carbons (Fsp3) is 0.385. The van der Waals surface area contributed by atoms with Crippen LogP contribution in [0.3, 0.4) is 0 Å². The number of amides is 1. The minimum absolute atomic E-state index is 0.0227. The van der Waals surface area contributed by atoms with Gasteiger partial charge in [0.1, 0.15) is 0 Å². The van der Waals surface area contributed by atoms with E-state index in [1.165, 1.54) is 6.07 Å². The first-order valence-corrected chi connectivity index (χ1v) is 6.67. The Morgan fingerprint density at radius 3 is 2.50 bits per heavy atom. The number of nitrogens with one attached hydrogen (secondary N) is 1. The summed E-state index contributed by atoms with van der Waals surface area (Å²) in [5.41, 5.74) is 0.626. The Morgan fingerprint density at radius 1 is 1.35 bits per heavy atom. The summed E-state index contributed by atoms with van der Waals surface area (Å²) in [5, 5.41) is 21.3. The number of carbonyl (C=O) groups is 2. The zero-order valence-corrected chi connectivity index (χ0v) is 12.5. The Balaban J connectivity index is 2.79. The van der Waals surface area contributed by atoms with Crippen LogP contribution in [0.5, 0.6) is 5.75 Å². The quantitative estimate of drug-likeness (QED) is 0.725. The van der Waals surface area contributed by atoms with E-state index in [2.05, 4.69) is 5.32 Å². The van der Waals surface area contributed by atoms with Crippen molar-refractivity contribution < 1.29 is 19.8 Å². The number of aliphatic carboxylic acids is 1. The Labute approximate surface area is 126 Å². The van der Waals surface area contributed by atoms with Gasteiger partial charge in [0.2, 0.25) is 5.91 Å². The van der Waals surface area contributed by atoms with E-state index >= 15 is 0 Å². The van der Waals surface area contributed by atoms with Gasteiger partial charge >= 0.3 is 5.97 Å². The third-order valence-corrected chi connectivity index (χ3v) is 3.61. The van der Waals surface area contributed by atoms with Crippen LogP contribution in [0.25, 0.3) is 0 Å². The minimum Gasteiger partial charge on any atom is -0.504 e. The Morgan fingerprint density at radius 2 is 1.95 bits per heavy atom. The van der Waals surface area contributed by atoms with Crippen LogP contribution in [0.15, 0.2) is 6.07 Å². The van der Waals surface area contributed by atoms with Gasteiger partial charge in [0.25, 0.3) is 0 Å². The Kier molecular flexibility index (Phi) is 5.65. The predicted octanol–water partition coefficient (Wildman–Crippen LogP) is 3.45. The maximum atomic E-state index is 11.8. The van der Waals surface area contributed by atoms with Crippen molar-refractivity contribution in [3.05, 3.63) is 21.7 Å². The van der Waals surface area contributed by atoms with Gasteiger partial charge in [-0.15, -0.1) is 0 Å². The average Bonchev–Trinajstić information content (AvgIpc) is 2.32. The summed E-state index contributed by atoms with van der Waals surface area (Å²) in [5.74, 6) is -1.95. The van der Waals surface area contributed by atoms with Crippen LogP contribution in [0.2, 0.25) is 10.0 Å². The fourth-order valence-corrected chi connectivity index (χ4v) is 2.14. The minimum atomic E-state index is -0.963. The smallest absolute Gasteiger partial charge is 0.303 e. The lowest BCUT2D eigenvalue weighted by Gasteiger charge is -2.13. The van der Waals surface area contributed by atoms with Crippen molar-refractivity contribution in [2.75, 3.05) is 5.32 Å². The van der Waals surface area contributed by atoms with Gasteiger partial charge in [0, 0.05) is 17.9 Å². The molecule has 20 heavy (non-hydrogen) atoms. The number of benzene rings is 1. The zero-order valence-electron chi connectivity index (χ0n) is 11.0. The van der Waals surface area contributed by atoms with Gasteiger partial charge < -0.3 is 15.5 Å². The molecule has 0 bridgehead atoms. The van der Waals surface area contributed by atoms with Crippen LogP contribution >= 0.6 is 23.2 Å². The molecule has 1 rings (SSSR count). The molecule has 0 heterocycles. The number of aromatic hydroxyl groups is 1. The molecule has 1 amide bonds. The molecule has 0 aliphatic rings. The number of hydrogen-bond acceptors (Lipinski definition) is 3. The Bertz CT molecular complexity index is 546. The average molecular weight is 320 g/mol. The second-order valence-electron chi connectivity index (χ2n) is 4.65. The van der Waals surface area contributed by atoms with E-state index in [1.54, 1.807) is 13.8 Å². The largest absolute Gasteiger partial charge is 0.504 e. The maximum absolute atomic E-state index is 11.8. The molecule has 0 spiro atoms. The molecule has 0 aliphatic heterocycles. The number of rotatable bonds is 5. The summed E-state index contributed by atoms with van der Waals surface area (Å²) in [6, 6.07) is 1.40. The molecule has 0 fully saturated rings. The second kappa shape index (κ2) is 6.81. The van der Waals surface area contributed by atoms with Gasteiger partial charge in [-0.25, -0.2) is 0 Å². The highest BCUT2D eigenvalue weighted by atomic mass is 35.5. The lowest BCUT2D eigenvalue weighted by molar-refractivity contribution is -0.138. The lowest BCUT2D eigenvalue weighted by atomic mass is 10.0. The highest BCUT2D eigenvalue weighted by molar-refractivity contribution is 6.37. The Hall–Kier alpha value is -1.46. The van der Waals surface area contributed by atoms with Crippen molar-refractivity contribution in [2.24, 2.45) is 5.92 Å². The molecular weight excluding hydrogens is 305 g/mol. The van der Waals surface area contributed by atoms with Crippen molar-refractivity contribution in [1.29, 1.82) is 0 Å². The molecule has 1 aromatic carbocycles. The highest BCUT2D eigenvalue weighted by Gasteiger charge is 2.17. The molecule has 0 saturated carbocycles. The number of phenolic OH excluding ortho intramolecular Hbond substituents is 1. The van der Waals surface area contributed by atoms with Crippen LogP contribution in [-0.2, 0) is 9.59 Å². The van der Waals surface area contributed by atoms with Gasteiger partial charge in [0.15, 0.2) is 5.75 Å². The second-order valence-corrected chi connectivity index (χ2v) is 5.43. The summed E-state index contributed by atoms with van der Waals surface area (Å²) in [7, 11) is 0. The number of carboxylic acids is 1. The van der Waals surface area contributed by atoms with E-state index in [4.69, 9.17) is 28.3 Å². The predicted molar refractivity (Wildman–Crippen MR) is 77.5 cm³/mol. The van der Waals surface area contributed by atoms with Gasteiger partial charge in [-0.1, -0.05) is 30.1 Å². The molecule has 0 aliphatic carbocycles. The van der Waals surface area contributed by atoms with E-state index in [0.717, 1.165) is 0 Å². The summed E-state index contributed by atoms with van der Waals surface area (Å²) in [6.45, 7) is 3.30. The maximum Gasteiger partial charge on any atom is 0.303 e. The first-order chi connectivity index (χ1) is 9.22. The molecule has 1 unspecified atom stereocenters. The van der Waals surface area contributed by atoms with Gasteiger partial charge in [0.05, 0.1) is 10.7 Å². The van der Waals surface area contributed by atoms with E-state index < -0.39 is 11.9 Å². The third-order valence-electron chi connectivity index (χ3n) is 2.75. The molecular formula is C13H15Cl2NO4. The summed E-state index contributed by atoms with van der Waals surface area (Å²) in [4.78, 5) is 22.3.